The molecule has 0 saturated heterocycles. The number of nitrogens with zero attached hydrogens (tertiary/aromatic N) is 1. The average molecular weight is 251 g/mol. The van der Waals surface area contributed by atoms with Crippen molar-refractivity contribution in [2.24, 2.45) is 5.16 Å². The molecule has 1 aliphatic heterocycles. The molecule has 1 heterocycles. The lowest BCUT2D eigenvalue weighted by molar-refractivity contribution is -0.451. The van der Waals surface area contributed by atoms with Gasteiger partial charge < -0.3 is 0 Å². The quantitative estimate of drug-likeness (QED) is 0.372. The fourth-order valence-corrected chi connectivity index (χ4v) is 2.87. The van der Waals surface area contributed by atoms with E-state index < -0.39 is 0 Å². The van der Waals surface area contributed by atoms with Crippen LogP contribution >= 0.6 is 21.6 Å². The summed E-state index contributed by atoms with van der Waals surface area (Å²) in [5.74, 6) is 1.11. The van der Waals surface area contributed by atoms with Crippen LogP contribution in [0.5, 0.6) is 0 Å². The second-order valence-electron chi connectivity index (χ2n) is 3.26. The standard InChI is InChI=1S/C9H17NO3S2/c1-2-3-4-5-6-7-8-14-15-9-10-12-13-11-9/h2-8H2,1H3. The van der Waals surface area contributed by atoms with Crippen molar-refractivity contribution in [2.75, 3.05) is 5.75 Å². The monoisotopic (exact) mass is 251 g/mol. The molecular formula is C9H17NO3S2. The lowest BCUT2D eigenvalue weighted by Gasteiger charge is -1.99. The van der Waals surface area contributed by atoms with Gasteiger partial charge in [-0.05, 0) is 6.42 Å². The van der Waals surface area contributed by atoms with Crippen molar-refractivity contribution in [3.05, 3.63) is 0 Å². The summed E-state index contributed by atoms with van der Waals surface area (Å²) in [5, 5.41) is 8.09. The summed E-state index contributed by atoms with van der Waals surface area (Å²) in [6, 6.07) is 0. The van der Waals surface area contributed by atoms with E-state index in [0.717, 1.165) is 5.75 Å². The third kappa shape index (κ3) is 6.92. The molecule has 1 aliphatic rings. The van der Waals surface area contributed by atoms with E-state index in [-0.39, 0.29) is 0 Å². The molecule has 0 aromatic carbocycles. The highest BCUT2D eigenvalue weighted by Gasteiger charge is 2.12. The molecule has 0 saturated carbocycles. The van der Waals surface area contributed by atoms with E-state index in [9.17, 15) is 0 Å². The third-order valence-electron chi connectivity index (χ3n) is 1.96. The van der Waals surface area contributed by atoms with Crippen LogP contribution in [0.4, 0.5) is 0 Å². The Labute approximate surface area is 98.3 Å². The molecule has 4 nitrogen and oxygen atoms in total. The molecule has 0 radical (unpaired) electrons. The molecule has 0 N–H and O–H groups in total. The van der Waals surface area contributed by atoms with Gasteiger partial charge in [-0.15, -0.1) is 0 Å². The smallest absolute Gasteiger partial charge is 0.265 e. The minimum Gasteiger partial charge on any atom is -0.265 e. The van der Waals surface area contributed by atoms with Gasteiger partial charge in [0.15, 0.2) is 0 Å². The molecule has 0 fully saturated rings. The molecule has 0 bridgehead atoms. The maximum absolute atomic E-state index is 4.58. The topological polar surface area (TPSA) is 40.0 Å². The predicted octanol–water partition coefficient (Wildman–Crippen LogP) is 3.89. The normalized spacial score (nSPS) is 14.6. The fourth-order valence-electron chi connectivity index (χ4n) is 1.17. The van der Waals surface area contributed by atoms with Crippen LogP contribution in [0, 0.1) is 0 Å². The molecule has 1 rings (SSSR count). The summed E-state index contributed by atoms with van der Waals surface area (Å²) in [6.07, 6.45) is 7.95. The van der Waals surface area contributed by atoms with Crippen molar-refractivity contribution in [1.29, 1.82) is 0 Å². The molecule has 0 spiro atoms. The van der Waals surface area contributed by atoms with Crippen molar-refractivity contribution in [2.45, 2.75) is 45.4 Å². The first-order chi connectivity index (χ1) is 7.43. The van der Waals surface area contributed by atoms with Crippen LogP contribution in [0.3, 0.4) is 0 Å². The lowest BCUT2D eigenvalue weighted by Crippen LogP contribution is -1.88. The van der Waals surface area contributed by atoms with Gasteiger partial charge in [-0.1, -0.05) is 49.8 Å². The molecule has 0 atom stereocenters. The Bertz CT molecular complexity index is 190. The van der Waals surface area contributed by atoms with Crippen LogP contribution in [-0.2, 0) is 14.9 Å². The zero-order chi connectivity index (χ0) is 10.8. The van der Waals surface area contributed by atoms with Gasteiger partial charge >= 0.3 is 5.23 Å². The summed E-state index contributed by atoms with van der Waals surface area (Å²) in [4.78, 5) is 8.79. The highest BCUT2D eigenvalue weighted by atomic mass is 33.1. The Morgan fingerprint density at radius 2 is 1.93 bits per heavy atom. The van der Waals surface area contributed by atoms with Gasteiger partial charge in [0.1, 0.15) is 0 Å². The van der Waals surface area contributed by atoms with Crippen molar-refractivity contribution < 1.29 is 14.9 Å². The first-order valence-electron chi connectivity index (χ1n) is 5.31. The van der Waals surface area contributed by atoms with E-state index in [1.807, 2.05) is 0 Å². The zero-order valence-corrected chi connectivity index (χ0v) is 10.6. The average Bonchev–Trinajstić information content (AvgIpc) is 2.75. The van der Waals surface area contributed by atoms with E-state index in [2.05, 4.69) is 27.0 Å². The second-order valence-corrected chi connectivity index (χ2v) is 5.62. The zero-order valence-electron chi connectivity index (χ0n) is 8.94. The molecule has 0 unspecified atom stereocenters. The molecule has 6 heteroatoms. The molecular weight excluding hydrogens is 234 g/mol. The number of hydrogen-bond donors (Lipinski definition) is 0. The molecule has 0 aromatic rings. The van der Waals surface area contributed by atoms with Gasteiger partial charge in [-0.2, -0.15) is 4.99 Å². The molecule has 0 aliphatic carbocycles. The van der Waals surface area contributed by atoms with Gasteiger partial charge in [0.25, 0.3) is 0 Å². The Kier molecular flexibility index (Phi) is 7.95. The number of oxime groups is 1. The maximum Gasteiger partial charge on any atom is 0.344 e. The van der Waals surface area contributed by atoms with Gasteiger partial charge in [0.2, 0.25) is 0 Å². The van der Waals surface area contributed by atoms with Crippen LogP contribution in [0.1, 0.15) is 45.4 Å². The largest absolute Gasteiger partial charge is 0.344 e. The van der Waals surface area contributed by atoms with Crippen LogP contribution in [-0.4, -0.2) is 11.0 Å². The predicted molar refractivity (Wildman–Crippen MR) is 64.1 cm³/mol. The molecule has 0 aromatic heterocycles. The van der Waals surface area contributed by atoms with E-state index in [4.69, 9.17) is 0 Å². The van der Waals surface area contributed by atoms with Crippen molar-refractivity contribution in [3.8, 4) is 0 Å². The minimum absolute atomic E-state index is 0.436. The Hall–Kier alpha value is -0.0700. The molecule has 88 valence electrons. The molecule has 15 heavy (non-hydrogen) atoms. The lowest BCUT2D eigenvalue weighted by atomic mass is 10.1. The Balaban J connectivity index is 1.77. The summed E-state index contributed by atoms with van der Waals surface area (Å²) < 4.78 is 0. The van der Waals surface area contributed by atoms with Crippen molar-refractivity contribution >= 4 is 26.8 Å². The van der Waals surface area contributed by atoms with Gasteiger partial charge in [0.05, 0.1) is 5.04 Å². The minimum atomic E-state index is 0.436. The number of hydrogen-bond acceptors (Lipinski definition) is 6. The first kappa shape index (κ1) is 13.0. The number of rotatable bonds is 8. The second kappa shape index (κ2) is 9.18. The van der Waals surface area contributed by atoms with Crippen LogP contribution in [0.25, 0.3) is 0 Å². The van der Waals surface area contributed by atoms with Crippen molar-refractivity contribution in [3.63, 3.8) is 0 Å². The van der Waals surface area contributed by atoms with Gasteiger partial charge in [-0.25, -0.2) is 0 Å². The summed E-state index contributed by atoms with van der Waals surface area (Å²) in [7, 11) is 3.16. The Morgan fingerprint density at radius 1 is 1.13 bits per heavy atom. The van der Waals surface area contributed by atoms with Crippen LogP contribution in [0.15, 0.2) is 5.16 Å². The van der Waals surface area contributed by atoms with E-state index >= 15 is 0 Å². The fraction of sp³-hybridized carbons (Fsp3) is 0.889. The number of unbranched alkanes of at least 4 members (excludes halogenated alkanes) is 5. The van der Waals surface area contributed by atoms with Gasteiger partial charge in [-0.3, -0.25) is 4.89 Å². The molecule has 0 amide bonds. The summed E-state index contributed by atoms with van der Waals surface area (Å²) in [6.45, 7) is 2.24. The van der Waals surface area contributed by atoms with Crippen LogP contribution < -0.4 is 0 Å². The first-order valence-corrected chi connectivity index (χ1v) is 7.63. The highest BCUT2D eigenvalue weighted by molar-refractivity contribution is 8.82. The summed E-state index contributed by atoms with van der Waals surface area (Å²) >= 11 is 0. The Morgan fingerprint density at radius 3 is 2.67 bits per heavy atom. The van der Waals surface area contributed by atoms with Crippen molar-refractivity contribution in [1.82, 2.24) is 0 Å². The van der Waals surface area contributed by atoms with Crippen LogP contribution in [0.2, 0.25) is 0 Å². The maximum atomic E-state index is 4.58. The van der Waals surface area contributed by atoms with Gasteiger partial charge in [0, 0.05) is 21.7 Å². The van der Waals surface area contributed by atoms with E-state index in [1.165, 1.54) is 49.3 Å². The van der Waals surface area contributed by atoms with E-state index in [0.29, 0.717) is 5.23 Å². The summed E-state index contributed by atoms with van der Waals surface area (Å²) in [5.41, 5.74) is 0. The third-order valence-corrected chi connectivity index (χ3v) is 4.10. The SMILES string of the molecule is CCCCCCCCSSC1=NOOO1. The highest BCUT2D eigenvalue weighted by Crippen LogP contribution is 2.27. The van der Waals surface area contributed by atoms with E-state index in [1.54, 1.807) is 10.8 Å².